The molecule has 0 radical (unpaired) electrons. The van der Waals surface area contributed by atoms with E-state index in [1.54, 1.807) is 13.8 Å². The van der Waals surface area contributed by atoms with Crippen molar-refractivity contribution in [3.05, 3.63) is 45.7 Å². The molecule has 0 aliphatic carbocycles. The Morgan fingerprint density at radius 2 is 2.06 bits per heavy atom. The van der Waals surface area contributed by atoms with E-state index >= 15 is 0 Å². The molecule has 0 atom stereocenters. The Morgan fingerprint density at radius 3 is 2.67 bits per heavy atom. The summed E-state index contributed by atoms with van der Waals surface area (Å²) in [5.74, 6) is 0.529. The smallest absolute Gasteiger partial charge is 0.287 e. The van der Waals surface area contributed by atoms with Gasteiger partial charge in [0.2, 0.25) is 11.8 Å². The molecular weight excluding hydrogens is 238 g/mol. The second kappa shape index (κ2) is 4.82. The average Bonchev–Trinajstić information content (AvgIpc) is 2.70. The minimum absolute atomic E-state index is 0.0452. The van der Waals surface area contributed by atoms with Gasteiger partial charge in [-0.05, 0) is 6.92 Å². The van der Waals surface area contributed by atoms with Gasteiger partial charge in [-0.2, -0.15) is 0 Å². The minimum atomic E-state index is -0.508. The molecule has 0 saturated heterocycles. The zero-order chi connectivity index (χ0) is 13.1. The Bertz CT molecular complexity index is 629. The predicted molar refractivity (Wildman–Crippen MR) is 59.9 cm³/mol. The summed E-state index contributed by atoms with van der Waals surface area (Å²) >= 11 is 0. The summed E-state index contributed by atoms with van der Waals surface area (Å²) in [6.45, 7) is 3.33. The lowest BCUT2D eigenvalue weighted by molar-refractivity contribution is 0.0915. The summed E-state index contributed by atoms with van der Waals surface area (Å²) in [5.41, 5.74) is -0.280. The number of carbonyl (C=O) groups excluding carboxylic acids is 1. The predicted octanol–water partition coefficient (Wildman–Crippen LogP) is 0.570. The molecule has 0 unspecified atom stereocenters. The van der Waals surface area contributed by atoms with Gasteiger partial charge >= 0.3 is 0 Å². The van der Waals surface area contributed by atoms with Crippen molar-refractivity contribution in [1.82, 2.24) is 15.5 Å². The Hall–Kier alpha value is -2.44. The van der Waals surface area contributed by atoms with Crippen LogP contribution in [0.2, 0.25) is 0 Å². The number of nitrogens with one attached hydrogen (secondary N) is 1. The van der Waals surface area contributed by atoms with Gasteiger partial charge < -0.3 is 14.2 Å². The fraction of sp³-hybridized carbons (Fsp3) is 0.273. The van der Waals surface area contributed by atoms with Crippen LogP contribution in [0.15, 0.2) is 25.8 Å². The normalized spacial score (nSPS) is 10.3. The minimum Gasteiger partial charge on any atom is -0.456 e. The van der Waals surface area contributed by atoms with Crippen LogP contribution in [0.4, 0.5) is 0 Å². The van der Waals surface area contributed by atoms with Gasteiger partial charge in [-0.15, -0.1) is 10.2 Å². The number of rotatable bonds is 3. The zero-order valence-electron chi connectivity index (χ0n) is 9.89. The number of hydrogen-bond donors (Lipinski definition) is 1. The van der Waals surface area contributed by atoms with Gasteiger partial charge in [0.1, 0.15) is 5.76 Å². The first-order valence-corrected chi connectivity index (χ1v) is 5.23. The van der Waals surface area contributed by atoms with E-state index in [0.29, 0.717) is 11.7 Å². The Morgan fingerprint density at radius 1 is 1.28 bits per heavy atom. The first-order valence-electron chi connectivity index (χ1n) is 5.23. The first kappa shape index (κ1) is 12.0. The number of hydrogen-bond acceptors (Lipinski definition) is 6. The monoisotopic (exact) mass is 249 g/mol. The topological polar surface area (TPSA) is 98.2 Å². The van der Waals surface area contributed by atoms with Crippen molar-refractivity contribution in [1.29, 1.82) is 0 Å². The highest BCUT2D eigenvalue weighted by atomic mass is 16.4. The first-order chi connectivity index (χ1) is 8.54. The molecule has 2 aromatic heterocycles. The van der Waals surface area contributed by atoms with Crippen molar-refractivity contribution in [2.45, 2.75) is 20.4 Å². The highest BCUT2D eigenvalue weighted by Crippen LogP contribution is 2.01. The van der Waals surface area contributed by atoms with Crippen molar-refractivity contribution in [3.63, 3.8) is 0 Å². The van der Waals surface area contributed by atoms with E-state index in [-0.39, 0.29) is 23.6 Å². The van der Waals surface area contributed by atoms with Crippen LogP contribution >= 0.6 is 0 Å². The van der Waals surface area contributed by atoms with Crippen molar-refractivity contribution in [2.24, 2.45) is 0 Å². The molecule has 2 rings (SSSR count). The Balaban J connectivity index is 2.05. The lowest BCUT2D eigenvalue weighted by Gasteiger charge is -2.02. The van der Waals surface area contributed by atoms with E-state index in [2.05, 4.69) is 15.5 Å². The van der Waals surface area contributed by atoms with Crippen LogP contribution in [-0.2, 0) is 6.54 Å². The molecule has 0 saturated carbocycles. The van der Waals surface area contributed by atoms with E-state index in [1.807, 2.05) is 0 Å². The average molecular weight is 249 g/mol. The molecule has 1 N–H and O–H groups in total. The zero-order valence-corrected chi connectivity index (χ0v) is 9.89. The van der Waals surface area contributed by atoms with E-state index < -0.39 is 5.91 Å². The van der Waals surface area contributed by atoms with Crippen molar-refractivity contribution in [2.75, 3.05) is 0 Å². The molecule has 0 aromatic carbocycles. The molecule has 0 bridgehead atoms. The summed E-state index contributed by atoms with van der Waals surface area (Å²) < 4.78 is 10.2. The van der Waals surface area contributed by atoms with Crippen molar-refractivity contribution >= 4 is 5.91 Å². The maximum atomic E-state index is 11.7. The van der Waals surface area contributed by atoms with Crippen LogP contribution in [0.1, 0.15) is 28.1 Å². The maximum Gasteiger partial charge on any atom is 0.287 e. The van der Waals surface area contributed by atoms with Crippen LogP contribution in [0.3, 0.4) is 0 Å². The fourth-order valence-electron chi connectivity index (χ4n) is 1.37. The molecule has 7 nitrogen and oxygen atoms in total. The fourth-order valence-corrected chi connectivity index (χ4v) is 1.37. The van der Waals surface area contributed by atoms with Gasteiger partial charge in [0, 0.05) is 19.1 Å². The van der Waals surface area contributed by atoms with E-state index in [9.17, 15) is 9.59 Å². The highest BCUT2D eigenvalue weighted by molar-refractivity contribution is 5.91. The molecule has 18 heavy (non-hydrogen) atoms. The summed E-state index contributed by atoms with van der Waals surface area (Å²) in [4.78, 5) is 22.9. The van der Waals surface area contributed by atoms with Crippen LogP contribution in [0.25, 0.3) is 0 Å². The molecule has 2 aromatic rings. The lowest BCUT2D eigenvalue weighted by Crippen LogP contribution is -2.24. The summed E-state index contributed by atoms with van der Waals surface area (Å²) in [6.07, 6.45) is 0. The van der Waals surface area contributed by atoms with Gasteiger partial charge in [-0.3, -0.25) is 9.59 Å². The second-order valence-electron chi connectivity index (χ2n) is 3.67. The Kier molecular flexibility index (Phi) is 3.22. The number of amides is 1. The third kappa shape index (κ3) is 2.82. The molecule has 7 heteroatoms. The van der Waals surface area contributed by atoms with Gasteiger partial charge in [-0.25, -0.2) is 0 Å². The van der Waals surface area contributed by atoms with E-state index in [4.69, 9.17) is 8.83 Å². The quantitative estimate of drug-likeness (QED) is 0.853. The number of aryl methyl sites for hydroxylation is 2. The molecule has 2 heterocycles. The third-order valence-electron chi connectivity index (χ3n) is 2.08. The van der Waals surface area contributed by atoms with Crippen LogP contribution in [-0.4, -0.2) is 16.1 Å². The standard InChI is InChI=1S/C11H11N3O4/c1-6-3-8(15)4-9(17-6)11(16)12-5-10-14-13-7(2)18-10/h3-4H,5H2,1-2H3,(H,12,16). The van der Waals surface area contributed by atoms with Crippen molar-refractivity contribution in [3.8, 4) is 0 Å². The van der Waals surface area contributed by atoms with Gasteiger partial charge in [-0.1, -0.05) is 0 Å². The SMILES string of the molecule is Cc1cc(=O)cc(C(=O)NCc2nnc(C)o2)o1. The molecule has 1 amide bonds. The van der Waals surface area contributed by atoms with Crippen LogP contribution in [0, 0.1) is 13.8 Å². The number of carbonyl (C=O) groups is 1. The van der Waals surface area contributed by atoms with Crippen LogP contribution < -0.4 is 10.7 Å². The molecule has 94 valence electrons. The lowest BCUT2D eigenvalue weighted by atomic mass is 10.3. The maximum absolute atomic E-state index is 11.7. The molecule has 0 aliphatic heterocycles. The summed E-state index contributed by atoms with van der Waals surface area (Å²) in [5, 5.41) is 9.86. The summed E-state index contributed by atoms with van der Waals surface area (Å²) in [7, 11) is 0. The molecule has 0 spiro atoms. The van der Waals surface area contributed by atoms with Crippen LogP contribution in [0.5, 0.6) is 0 Å². The molecular formula is C11H11N3O4. The van der Waals surface area contributed by atoms with E-state index in [1.165, 1.54) is 6.07 Å². The summed E-state index contributed by atoms with van der Waals surface area (Å²) in [6, 6.07) is 2.43. The Labute approximate surface area is 102 Å². The number of nitrogens with zero attached hydrogens (tertiary/aromatic N) is 2. The highest BCUT2D eigenvalue weighted by Gasteiger charge is 2.11. The van der Waals surface area contributed by atoms with Gasteiger partial charge in [0.25, 0.3) is 5.91 Å². The molecule has 0 fully saturated rings. The number of aromatic nitrogens is 2. The van der Waals surface area contributed by atoms with Crippen molar-refractivity contribution < 1.29 is 13.6 Å². The molecule has 0 aliphatic rings. The van der Waals surface area contributed by atoms with E-state index in [0.717, 1.165) is 6.07 Å². The largest absolute Gasteiger partial charge is 0.456 e. The second-order valence-corrected chi connectivity index (χ2v) is 3.67. The van der Waals surface area contributed by atoms with Gasteiger partial charge in [0.15, 0.2) is 11.2 Å². The third-order valence-corrected chi connectivity index (χ3v) is 2.08. The van der Waals surface area contributed by atoms with Gasteiger partial charge in [0.05, 0.1) is 6.54 Å².